The van der Waals surface area contributed by atoms with E-state index in [0.29, 0.717) is 11.0 Å². The second-order valence-corrected chi connectivity index (χ2v) is 5.21. The molecule has 106 valence electrons. The number of aryl methyl sites for hydroxylation is 1. The lowest BCUT2D eigenvalue weighted by Gasteiger charge is -2.06. The van der Waals surface area contributed by atoms with Gasteiger partial charge in [0, 0.05) is 38.8 Å². The fraction of sp³-hybridized carbons (Fsp3) is 0.308. The summed E-state index contributed by atoms with van der Waals surface area (Å²) in [6.07, 6.45) is 2.74. The molecule has 0 fully saturated rings. The number of nitrogens with zero attached hydrogens (tertiary/aromatic N) is 3. The summed E-state index contributed by atoms with van der Waals surface area (Å²) >= 11 is 3.28. The number of nitrogens with one attached hydrogen (secondary N) is 1. The molecule has 0 amide bonds. The molecule has 2 rings (SSSR count). The highest BCUT2D eigenvalue weighted by Gasteiger charge is 2.14. The van der Waals surface area contributed by atoms with Gasteiger partial charge in [-0.05, 0) is 27.6 Å². The van der Waals surface area contributed by atoms with Crippen molar-refractivity contribution in [3.63, 3.8) is 0 Å². The zero-order chi connectivity index (χ0) is 14.5. The molecule has 0 aliphatic heterocycles. The number of halogens is 1. The van der Waals surface area contributed by atoms with E-state index in [0.717, 1.165) is 24.2 Å². The molecular weight excluding hydrogens is 324 g/mol. The average molecular weight is 339 g/mol. The molecule has 0 bridgehead atoms. The number of hydrogen-bond donors (Lipinski definition) is 1. The van der Waals surface area contributed by atoms with Gasteiger partial charge >= 0.3 is 0 Å². The minimum atomic E-state index is -0.387. The highest BCUT2D eigenvalue weighted by atomic mass is 79.9. The van der Waals surface area contributed by atoms with Crippen LogP contribution in [0.3, 0.4) is 0 Å². The average Bonchev–Trinajstić information content (AvgIpc) is 2.82. The van der Waals surface area contributed by atoms with Gasteiger partial charge in [0.25, 0.3) is 5.69 Å². The summed E-state index contributed by atoms with van der Waals surface area (Å²) in [5, 5.41) is 18.4. The molecule has 1 aromatic carbocycles. The van der Waals surface area contributed by atoms with Crippen molar-refractivity contribution in [1.82, 2.24) is 15.1 Å². The van der Waals surface area contributed by atoms with Crippen LogP contribution in [0.25, 0.3) is 0 Å². The number of benzene rings is 1. The van der Waals surface area contributed by atoms with Gasteiger partial charge in [0.1, 0.15) is 0 Å². The molecule has 0 saturated heterocycles. The normalized spacial score (nSPS) is 10.7. The number of rotatable bonds is 6. The van der Waals surface area contributed by atoms with Crippen LogP contribution < -0.4 is 5.32 Å². The molecule has 1 N–H and O–H groups in total. The summed E-state index contributed by atoms with van der Waals surface area (Å²) in [7, 11) is 1.89. The second kappa shape index (κ2) is 6.62. The van der Waals surface area contributed by atoms with Crippen LogP contribution in [0.4, 0.5) is 5.69 Å². The van der Waals surface area contributed by atoms with Gasteiger partial charge in [0.15, 0.2) is 0 Å². The predicted molar refractivity (Wildman–Crippen MR) is 79.4 cm³/mol. The van der Waals surface area contributed by atoms with Crippen LogP contribution in [0.15, 0.2) is 34.9 Å². The lowest BCUT2D eigenvalue weighted by Crippen LogP contribution is -2.17. The van der Waals surface area contributed by atoms with Crippen LogP contribution in [0.2, 0.25) is 0 Å². The third-order valence-corrected chi connectivity index (χ3v) is 3.81. The van der Waals surface area contributed by atoms with E-state index in [2.05, 4.69) is 26.3 Å². The Kier molecular flexibility index (Phi) is 4.86. The first-order valence-corrected chi connectivity index (χ1v) is 6.98. The van der Waals surface area contributed by atoms with Gasteiger partial charge in [-0.15, -0.1) is 0 Å². The van der Waals surface area contributed by atoms with Crippen molar-refractivity contribution in [1.29, 1.82) is 0 Å². The van der Waals surface area contributed by atoms with Crippen molar-refractivity contribution in [2.75, 3.05) is 6.54 Å². The highest BCUT2D eigenvalue weighted by molar-refractivity contribution is 9.10. The molecule has 1 aromatic heterocycles. The van der Waals surface area contributed by atoms with E-state index < -0.39 is 0 Å². The molecule has 0 aliphatic carbocycles. The van der Waals surface area contributed by atoms with Crippen LogP contribution in [0.1, 0.15) is 11.3 Å². The molecule has 2 aromatic rings. The molecule has 0 saturated carbocycles. The number of hydrogen-bond acceptors (Lipinski definition) is 4. The summed E-state index contributed by atoms with van der Waals surface area (Å²) in [5.41, 5.74) is 1.99. The first-order valence-electron chi connectivity index (χ1n) is 6.19. The van der Waals surface area contributed by atoms with E-state index in [-0.39, 0.29) is 10.6 Å². The number of aromatic nitrogens is 2. The molecule has 0 spiro atoms. The molecular formula is C13H15BrN4O2. The minimum Gasteiger partial charge on any atom is -0.312 e. The fourth-order valence-corrected chi connectivity index (χ4v) is 2.43. The Bertz CT molecular complexity index is 612. The van der Waals surface area contributed by atoms with Crippen LogP contribution in [0, 0.1) is 10.1 Å². The third kappa shape index (κ3) is 3.64. The van der Waals surface area contributed by atoms with Gasteiger partial charge in [0.05, 0.1) is 15.1 Å². The Morgan fingerprint density at radius 2 is 2.25 bits per heavy atom. The maximum Gasteiger partial charge on any atom is 0.283 e. The lowest BCUT2D eigenvalue weighted by atomic mass is 10.2. The van der Waals surface area contributed by atoms with Crippen molar-refractivity contribution in [3.8, 4) is 0 Å². The van der Waals surface area contributed by atoms with Gasteiger partial charge in [0.2, 0.25) is 0 Å². The van der Waals surface area contributed by atoms with Crippen molar-refractivity contribution in [2.24, 2.45) is 7.05 Å². The summed E-state index contributed by atoms with van der Waals surface area (Å²) < 4.78 is 2.31. The molecule has 1 heterocycles. The van der Waals surface area contributed by atoms with Gasteiger partial charge in [-0.1, -0.05) is 12.1 Å². The first kappa shape index (κ1) is 14.7. The number of nitro benzene ring substituents is 1. The number of nitro groups is 1. The summed E-state index contributed by atoms with van der Waals surface area (Å²) in [6, 6.07) is 7.02. The van der Waals surface area contributed by atoms with Crippen molar-refractivity contribution >= 4 is 21.6 Å². The minimum absolute atomic E-state index is 0.0917. The van der Waals surface area contributed by atoms with Crippen LogP contribution >= 0.6 is 15.9 Å². The summed E-state index contributed by atoms with van der Waals surface area (Å²) in [6.45, 7) is 1.35. The summed E-state index contributed by atoms with van der Waals surface area (Å²) in [5.74, 6) is 0. The monoisotopic (exact) mass is 338 g/mol. The fourth-order valence-electron chi connectivity index (χ4n) is 1.88. The van der Waals surface area contributed by atoms with Crippen LogP contribution in [-0.2, 0) is 20.0 Å². The van der Waals surface area contributed by atoms with E-state index in [4.69, 9.17) is 0 Å². The first-order chi connectivity index (χ1) is 9.58. The van der Waals surface area contributed by atoms with E-state index in [1.165, 1.54) is 6.07 Å². The van der Waals surface area contributed by atoms with E-state index in [1.54, 1.807) is 10.7 Å². The van der Waals surface area contributed by atoms with Gasteiger partial charge < -0.3 is 5.32 Å². The molecule has 7 heteroatoms. The molecule has 0 radical (unpaired) electrons. The Morgan fingerprint density at radius 3 is 2.90 bits per heavy atom. The maximum absolute atomic E-state index is 10.8. The van der Waals surface area contributed by atoms with E-state index in [9.17, 15) is 10.1 Å². The highest BCUT2D eigenvalue weighted by Crippen LogP contribution is 2.27. The van der Waals surface area contributed by atoms with Crippen LogP contribution in [-0.4, -0.2) is 21.2 Å². The maximum atomic E-state index is 10.8. The molecule has 20 heavy (non-hydrogen) atoms. The smallest absolute Gasteiger partial charge is 0.283 e. The molecule has 0 unspecified atom stereocenters. The van der Waals surface area contributed by atoms with E-state index >= 15 is 0 Å². The Labute approximate surface area is 125 Å². The second-order valence-electron chi connectivity index (χ2n) is 4.41. The quantitative estimate of drug-likeness (QED) is 0.498. The molecule has 0 aliphatic rings. The van der Waals surface area contributed by atoms with Gasteiger partial charge in [-0.25, -0.2) is 0 Å². The largest absolute Gasteiger partial charge is 0.312 e. The van der Waals surface area contributed by atoms with Gasteiger partial charge in [-0.3, -0.25) is 14.8 Å². The third-order valence-electron chi connectivity index (χ3n) is 2.90. The van der Waals surface area contributed by atoms with Crippen molar-refractivity contribution in [3.05, 3.63) is 56.3 Å². The van der Waals surface area contributed by atoms with E-state index in [1.807, 2.05) is 25.4 Å². The Morgan fingerprint density at radius 1 is 1.45 bits per heavy atom. The molecule has 0 atom stereocenters. The zero-order valence-electron chi connectivity index (χ0n) is 11.0. The predicted octanol–water partition coefficient (Wildman–Crippen LogP) is 2.42. The van der Waals surface area contributed by atoms with Crippen molar-refractivity contribution < 1.29 is 4.92 Å². The van der Waals surface area contributed by atoms with Gasteiger partial charge in [-0.2, -0.15) is 5.10 Å². The SMILES string of the molecule is Cn1ccc(CCNCc2cccc([N+](=O)[O-])c2Br)n1. The topological polar surface area (TPSA) is 73.0 Å². The lowest BCUT2D eigenvalue weighted by molar-refractivity contribution is -0.385. The standard InChI is InChI=1S/C13H15BrN4O2/c1-17-8-6-11(16-17)5-7-15-9-10-3-2-4-12(13(10)14)18(19)20/h2-4,6,8,15H,5,7,9H2,1H3. The van der Waals surface area contributed by atoms with Crippen LogP contribution in [0.5, 0.6) is 0 Å². The Hall–Kier alpha value is -1.73. The van der Waals surface area contributed by atoms with Crippen molar-refractivity contribution in [2.45, 2.75) is 13.0 Å². The summed E-state index contributed by atoms with van der Waals surface area (Å²) in [4.78, 5) is 10.4. The zero-order valence-corrected chi connectivity index (χ0v) is 12.6. The molecule has 6 nitrogen and oxygen atoms in total. The Balaban J connectivity index is 1.88.